The van der Waals surface area contributed by atoms with Crippen molar-refractivity contribution < 1.29 is 0 Å². The third kappa shape index (κ3) is 2.71. The number of H-pyrrole nitrogens is 1. The summed E-state index contributed by atoms with van der Waals surface area (Å²) in [5.41, 5.74) is 12.8. The Morgan fingerprint density at radius 3 is 2.11 bits per heavy atom. The summed E-state index contributed by atoms with van der Waals surface area (Å²) in [5.74, 6) is 0. The molecule has 102 valence electrons. The lowest BCUT2D eigenvalue weighted by atomic mass is 9.83. The predicted octanol–water partition coefficient (Wildman–Crippen LogP) is 3.45. The molecule has 0 fully saturated rings. The molecule has 0 aliphatic carbocycles. The van der Waals surface area contributed by atoms with Crippen LogP contribution in [0.4, 0.5) is 0 Å². The average Bonchev–Trinajstić information content (AvgIpc) is 2.75. The number of aryl methyl sites for hydroxylation is 2. The molecule has 1 aromatic heterocycles. The lowest BCUT2D eigenvalue weighted by Crippen LogP contribution is -2.12. The second-order valence-electron chi connectivity index (χ2n) is 6.22. The maximum Gasteiger partial charge on any atom is 0.0929 e. The number of hydrogen-bond donors (Lipinski definition) is 2. The van der Waals surface area contributed by atoms with Crippen LogP contribution in [0.25, 0.3) is 11.3 Å². The molecule has 0 radical (unpaired) electrons. The lowest BCUT2D eigenvalue weighted by molar-refractivity contribution is 0.589. The van der Waals surface area contributed by atoms with Gasteiger partial charge in [0.2, 0.25) is 0 Å². The molecule has 1 heterocycles. The van der Waals surface area contributed by atoms with Gasteiger partial charge < -0.3 is 5.73 Å². The monoisotopic (exact) mass is 257 g/mol. The molecule has 0 spiro atoms. The lowest BCUT2D eigenvalue weighted by Gasteiger charge is -2.22. The second-order valence-corrected chi connectivity index (χ2v) is 6.22. The van der Waals surface area contributed by atoms with Crippen molar-refractivity contribution in [2.24, 2.45) is 5.73 Å². The zero-order valence-electron chi connectivity index (χ0n) is 12.5. The van der Waals surface area contributed by atoms with Gasteiger partial charge in [-0.1, -0.05) is 32.9 Å². The normalized spacial score (nSPS) is 11.9. The number of aromatic nitrogens is 2. The Kier molecular flexibility index (Phi) is 3.50. The van der Waals surface area contributed by atoms with E-state index in [0.29, 0.717) is 6.54 Å². The van der Waals surface area contributed by atoms with Crippen LogP contribution in [0.1, 0.15) is 43.2 Å². The molecule has 0 unspecified atom stereocenters. The summed E-state index contributed by atoms with van der Waals surface area (Å²) >= 11 is 0. The quantitative estimate of drug-likeness (QED) is 0.865. The first kappa shape index (κ1) is 13.8. The smallest absolute Gasteiger partial charge is 0.0929 e. The van der Waals surface area contributed by atoms with Crippen LogP contribution >= 0.6 is 0 Å². The highest BCUT2D eigenvalue weighted by atomic mass is 15.1. The van der Waals surface area contributed by atoms with Crippen molar-refractivity contribution in [3.05, 3.63) is 40.6 Å². The zero-order chi connectivity index (χ0) is 14.2. The summed E-state index contributed by atoms with van der Waals surface area (Å²) in [6.45, 7) is 11.5. The van der Waals surface area contributed by atoms with Gasteiger partial charge in [-0.25, -0.2) is 0 Å². The first-order chi connectivity index (χ1) is 8.82. The molecular weight excluding hydrogens is 234 g/mol. The average molecular weight is 257 g/mol. The Labute approximate surface area is 115 Å². The second kappa shape index (κ2) is 4.82. The van der Waals surface area contributed by atoms with E-state index < -0.39 is 0 Å². The van der Waals surface area contributed by atoms with Crippen LogP contribution in [0.2, 0.25) is 0 Å². The fraction of sp³-hybridized carbons (Fsp3) is 0.438. The number of nitrogens with two attached hydrogens (primary N) is 1. The molecule has 1 aromatic carbocycles. The number of benzene rings is 1. The fourth-order valence-electron chi connectivity index (χ4n) is 2.39. The molecule has 0 aliphatic rings. The van der Waals surface area contributed by atoms with E-state index in [-0.39, 0.29) is 5.41 Å². The SMILES string of the molecule is Cc1cc(C(C)(C)C)cc(C)c1-c1cc(CN)[nH]n1. The number of hydrogen-bond acceptors (Lipinski definition) is 2. The Hall–Kier alpha value is -1.61. The molecule has 0 saturated carbocycles. The summed E-state index contributed by atoms with van der Waals surface area (Å²) in [5, 5.41) is 7.34. The van der Waals surface area contributed by atoms with Gasteiger partial charge >= 0.3 is 0 Å². The minimum Gasteiger partial charge on any atom is -0.325 e. The number of rotatable bonds is 2. The van der Waals surface area contributed by atoms with E-state index in [1.54, 1.807) is 0 Å². The third-order valence-corrected chi connectivity index (χ3v) is 3.51. The molecule has 0 atom stereocenters. The van der Waals surface area contributed by atoms with Gasteiger partial charge in [0, 0.05) is 17.8 Å². The van der Waals surface area contributed by atoms with Gasteiger partial charge in [0.15, 0.2) is 0 Å². The third-order valence-electron chi connectivity index (χ3n) is 3.51. The first-order valence-electron chi connectivity index (χ1n) is 6.69. The van der Waals surface area contributed by atoms with Crippen LogP contribution in [0.15, 0.2) is 18.2 Å². The summed E-state index contributed by atoms with van der Waals surface area (Å²) < 4.78 is 0. The van der Waals surface area contributed by atoms with Crippen molar-refractivity contribution in [2.75, 3.05) is 0 Å². The van der Waals surface area contributed by atoms with E-state index in [4.69, 9.17) is 5.73 Å². The molecule has 0 bridgehead atoms. The molecule has 2 aromatic rings. The van der Waals surface area contributed by atoms with Crippen molar-refractivity contribution in [1.29, 1.82) is 0 Å². The van der Waals surface area contributed by atoms with Gasteiger partial charge in [0.05, 0.1) is 5.69 Å². The van der Waals surface area contributed by atoms with Crippen LogP contribution in [0, 0.1) is 13.8 Å². The molecule has 0 saturated heterocycles. The maximum atomic E-state index is 5.63. The van der Waals surface area contributed by atoms with Crippen molar-refractivity contribution in [1.82, 2.24) is 10.2 Å². The molecule has 2 rings (SSSR count). The highest BCUT2D eigenvalue weighted by molar-refractivity contribution is 5.68. The summed E-state index contributed by atoms with van der Waals surface area (Å²) in [4.78, 5) is 0. The molecule has 3 nitrogen and oxygen atoms in total. The van der Waals surface area contributed by atoms with E-state index >= 15 is 0 Å². The van der Waals surface area contributed by atoms with Crippen LogP contribution in [-0.4, -0.2) is 10.2 Å². The van der Waals surface area contributed by atoms with E-state index in [1.165, 1.54) is 22.3 Å². The Balaban J connectivity index is 2.53. The molecular formula is C16H23N3. The minimum absolute atomic E-state index is 0.169. The standard InChI is InChI=1S/C16H23N3/c1-10-6-12(16(3,4)5)7-11(2)15(10)14-8-13(9-17)18-19-14/h6-8H,9,17H2,1-5H3,(H,18,19). The van der Waals surface area contributed by atoms with Gasteiger partial charge in [-0.2, -0.15) is 5.10 Å². The van der Waals surface area contributed by atoms with Gasteiger partial charge in [0.1, 0.15) is 0 Å². The van der Waals surface area contributed by atoms with Gasteiger partial charge in [0.25, 0.3) is 0 Å². The zero-order valence-corrected chi connectivity index (χ0v) is 12.5. The summed E-state index contributed by atoms with van der Waals surface area (Å²) in [6.07, 6.45) is 0. The molecule has 0 aliphatic heterocycles. The van der Waals surface area contributed by atoms with Crippen molar-refractivity contribution in [2.45, 2.75) is 46.6 Å². The van der Waals surface area contributed by atoms with Gasteiger partial charge in [-0.3, -0.25) is 5.10 Å². The molecule has 3 heteroatoms. The Morgan fingerprint density at radius 1 is 1.11 bits per heavy atom. The summed E-state index contributed by atoms with van der Waals surface area (Å²) in [7, 11) is 0. The van der Waals surface area contributed by atoms with Crippen LogP contribution < -0.4 is 5.73 Å². The van der Waals surface area contributed by atoms with Crippen LogP contribution in [-0.2, 0) is 12.0 Å². The van der Waals surface area contributed by atoms with E-state index in [0.717, 1.165) is 11.4 Å². The van der Waals surface area contributed by atoms with Crippen molar-refractivity contribution in [3.63, 3.8) is 0 Å². The molecule has 19 heavy (non-hydrogen) atoms. The Bertz CT molecular complexity index is 565. The van der Waals surface area contributed by atoms with E-state index in [1.807, 2.05) is 6.07 Å². The molecule has 3 N–H and O–H groups in total. The van der Waals surface area contributed by atoms with E-state index in [2.05, 4.69) is 56.9 Å². The van der Waals surface area contributed by atoms with Crippen molar-refractivity contribution >= 4 is 0 Å². The number of nitrogens with zero attached hydrogens (tertiary/aromatic N) is 1. The molecule has 0 amide bonds. The highest BCUT2D eigenvalue weighted by Gasteiger charge is 2.17. The topological polar surface area (TPSA) is 54.7 Å². The maximum absolute atomic E-state index is 5.63. The van der Waals surface area contributed by atoms with Crippen molar-refractivity contribution in [3.8, 4) is 11.3 Å². The van der Waals surface area contributed by atoms with Crippen LogP contribution in [0.5, 0.6) is 0 Å². The fourth-order valence-corrected chi connectivity index (χ4v) is 2.39. The van der Waals surface area contributed by atoms with Crippen LogP contribution in [0.3, 0.4) is 0 Å². The number of nitrogens with one attached hydrogen (secondary N) is 1. The van der Waals surface area contributed by atoms with E-state index in [9.17, 15) is 0 Å². The number of aromatic amines is 1. The van der Waals surface area contributed by atoms with Gasteiger partial charge in [-0.15, -0.1) is 0 Å². The predicted molar refractivity (Wildman–Crippen MR) is 80.1 cm³/mol. The highest BCUT2D eigenvalue weighted by Crippen LogP contribution is 2.31. The van der Waals surface area contributed by atoms with Gasteiger partial charge in [-0.05, 0) is 42.0 Å². The summed E-state index contributed by atoms with van der Waals surface area (Å²) in [6, 6.07) is 6.56. The minimum atomic E-state index is 0.169. The Morgan fingerprint density at radius 2 is 1.68 bits per heavy atom. The largest absolute Gasteiger partial charge is 0.325 e. The first-order valence-corrected chi connectivity index (χ1v) is 6.69.